The largest absolute Gasteiger partial charge is 0.486 e. The third-order valence-electron chi connectivity index (χ3n) is 4.74. The van der Waals surface area contributed by atoms with Crippen LogP contribution in [0.4, 0.5) is 0 Å². The lowest BCUT2D eigenvalue weighted by molar-refractivity contribution is 0.0668. The number of nitrogens with zero attached hydrogens (tertiary/aromatic N) is 3. The molecule has 3 heterocycles. The number of aryl methyl sites for hydroxylation is 1. The zero-order valence-corrected chi connectivity index (χ0v) is 13.8. The minimum Gasteiger partial charge on any atom is -0.486 e. The maximum absolute atomic E-state index is 13.0. The van der Waals surface area contributed by atoms with E-state index >= 15 is 0 Å². The predicted octanol–water partition coefficient (Wildman–Crippen LogP) is 2.44. The van der Waals surface area contributed by atoms with Crippen LogP contribution in [0.1, 0.15) is 35.1 Å². The summed E-state index contributed by atoms with van der Waals surface area (Å²) in [6.07, 6.45) is 5.86. The summed E-state index contributed by atoms with van der Waals surface area (Å²) in [5.41, 5.74) is 0.593. The first-order valence-electron chi connectivity index (χ1n) is 8.41. The summed E-state index contributed by atoms with van der Waals surface area (Å²) in [6, 6.07) is 5.80. The molecule has 126 valence electrons. The Morgan fingerprint density at radius 3 is 3.00 bits per heavy atom. The Kier molecular flexibility index (Phi) is 3.88. The molecule has 0 saturated carbocycles. The van der Waals surface area contributed by atoms with Gasteiger partial charge in [-0.3, -0.25) is 4.79 Å². The number of para-hydroxylation sites is 1. The van der Waals surface area contributed by atoms with Crippen LogP contribution in [-0.2, 0) is 0 Å². The molecule has 1 aromatic heterocycles. The molecule has 4 rings (SSSR count). The van der Waals surface area contributed by atoms with Gasteiger partial charge in [0.05, 0.1) is 11.6 Å². The second-order valence-corrected chi connectivity index (χ2v) is 6.26. The van der Waals surface area contributed by atoms with Crippen LogP contribution < -0.4 is 9.47 Å². The number of amides is 1. The van der Waals surface area contributed by atoms with Gasteiger partial charge in [-0.25, -0.2) is 4.98 Å². The molecule has 1 amide bonds. The number of carbonyl (C=O) groups is 1. The van der Waals surface area contributed by atoms with E-state index in [1.807, 2.05) is 42.4 Å². The number of likely N-dealkylation sites (tertiary alicyclic amines) is 1. The van der Waals surface area contributed by atoms with Crippen molar-refractivity contribution in [2.75, 3.05) is 26.3 Å². The van der Waals surface area contributed by atoms with Crippen molar-refractivity contribution in [3.63, 3.8) is 0 Å². The van der Waals surface area contributed by atoms with Gasteiger partial charge in [0.25, 0.3) is 5.91 Å². The van der Waals surface area contributed by atoms with Crippen molar-refractivity contribution in [1.82, 2.24) is 14.5 Å². The maximum atomic E-state index is 13.0. The van der Waals surface area contributed by atoms with Gasteiger partial charge in [-0.1, -0.05) is 6.07 Å². The Hall–Kier alpha value is -2.50. The molecule has 1 atom stereocenters. The van der Waals surface area contributed by atoms with Crippen molar-refractivity contribution in [2.24, 2.45) is 0 Å². The number of ether oxygens (including phenoxy) is 2. The highest BCUT2D eigenvalue weighted by atomic mass is 16.6. The van der Waals surface area contributed by atoms with Gasteiger partial charge >= 0.3 is 0 Å². The van der Waals surface area contributed by atoms with E-state index in [1.165, 1.54) is 0 Å². The highest BCUT2D eigenvalue weighted by Gasteiger charge is 2.29. The van der Waals surface area contributed by atoms with Crippen LogP contribution in [0, 0.1) is 6.92 Å². The Morgan fingerprint density at radius 1 is 1.29 bits per heavy atom. The normalized spacial score (nSPS) is 20.0. The standard InChI is InChI=1S/C18H21N3O3/c1-13-19-7-9-21(13)14-4-3-8-20(12-14)18(22)15-5-2-6-16-17(15)24-11-10-23-16/h2,5-7,9,14H,3-4,8,10-12H2,1H3/t14-/m1/s1. The average molecular weight is 327 g/mol. The van der Waals surface area contributed by atoms with Gasteiger partial charge < -0.3 is 18.9 Å². The first kappa shape index (κ1) is 15.1. The number of fused-ring (bicyclic) bond motifs is 1. The van der Waals surface area contributed by atoms with Gasteiger partial charge in [-0.05, 0) is 31.9 Å². The van der Waals surface area contributed by atoms with Gasteiger partial charge in [0.15, 0.2) is 11.5 Å². The fourth-order valence-corrected chi connectivity index (χ4v) is 3.55. The fourth-order valence-electron chi connectivity index (χ4n) is 3.55. The minimum absolute atomic E-state index is 0.0137. The highest BCUT2D eigenvalue weighted by Crippen LogP contribution is 2.35. The van der Waals surface area contributed by atoms with E-state index in [9.17, 15) is 4.79 Å². The molecule has 0 spiro atoms. The summed E-state index contributed by atoms with van der Waals surface area (Å²) in [4.78, 5) is 19.3. The molecule has 1 saturated heterocycles. The van der Waals surface area contributed by atoms with Crippen molar-refractivity contribution in [3.8, 4) is 11.5 Å². The Bertz CT molecular complexity index is 756. The van der Waals surface area contributed by atoms with Gasteiger partial charge in [-0.2, -0.15) is 0 Å². The van der Waals surface area contributed by atoms with Crippen LogP contribution in [0.5, 0.6) is 11.5 Å². The van der Waals surface area contributed by atoms with E-state index in [0.717, 1.165) is 25.2 Å². The molecule has 2 aliphatic heterocycles. The van der Waals surface area contributed by atoms with Crippen molar-refractivity contribution in [3.05, 3.63) is 42.0 Å². The first-order valence-corrected chi connectivity index (χ1v) is 8.41. The van der Waals surface area contributed by atoms with Crippen LogP contribution in [0.15, 0.2) is 30.6 Å². The van der Waals surface area contributed by atoms with Gasteiger partial charge in [0.2, 0.25) is 0 Å². The number of aromatic nitrogens is 2. The van der Waals surface area contributed by atoms with E-state index in [-0.39, 0.29) is 11.9 Å². The Morgan fingerprint density at radius 2 is 2.17 bits per heavy atom. The smallest absolute Gasteiger partial charge is 0.257 e. The van der Waals surface area contributed by atoms with Gasteiger partial charge in [0.1, 0.15) is 19.0 Å². The van der Waals surface area contributed by atoms with E-state index in [2.05, 4.69) is 9.55 Å². The quantitative estimate of drug-likeness (QED) is 0.850. The number of carbonyl (C=O) groups excluding carboxylic acids is 1. The van der Waals surface area contributed by atoms with E-state index in [0.29, 0.717) is 36.8 Å². The summed E-state index contributed by atoms with van der Waals surface area (Å²) in [5, 5.41) is 0. The van der Waals surface area contributed by atoms with Crippen LogP contribution in [-0.4, -0.2) is 46.7 Å². The van der Waals surface area contributed by atoms with Crippen LogP contribution >= 0.6 is 0 Å². The van der Waals surface area contributed by atoms with E-state index in [4.69, 9.17) is 9.47 Å². The second-order valence-electron chi connectivity index (χ2n) is 6.26. The molecule has 6 heteroatoms. The fraction of sp³-hybridized carbons (Fsp3) is 0.444. The topological polar surface area (TPSA) is 56.6 Å². The van der Waals surface area contributed by atoms with Crippen molar-refractivity contribution in [2.45, 2.75) is 25.8 Å². The molecule has 2 aromatic rings. The lowest BCUT2D eigenvalue weighted by Crippen LogP contribution is -2.41. The molecule has 0 bridgehead atoms. The highest BCUT2D eigenvalue weighted by molar-refractivity contribution is 5.98. The summed E-state index contributed by atoms with van der Waals surface area (Å²) < 4.78 is 13.5. The van der Waals surface area contributed by atoms with Crippen LogP contribution in [0.3, 0.4) is 0 Å². The number of hydrogen-bond donors (Lipinski definition) is 0. The molecule has 0 unspecified atom stereocenters. The molecule has 0 N–H and O–H groups in total. The van der Waals surface area contributed by atoms with Crippen LogP contribution in [0.2, 0.25) is 0 Å². The monoisotopic (exact) mass is 327 g/mol. The third kappa shape index (κ3) is 2.62. The number of imidazole rings is 1. The van der Waals surface area contributed by atoms with Gasteiger partial charge in [-0.15, -0.1) is 0 Å². The summed E-state index contributed by atoms with van der Waals surface area (Å²) >= 11 is 0. The SMILES string of the molecule is Cc1nccn1[C@@H]1CCCN(C(=O)c2cccc3c2OCCO3)C1. The molecular weight excluding hydrogens is 306 g/mol. The number of piperidine rings is 1. The zero-order chi connectivity index (χ0) is 16.5. The molecule has 24 heavy (non-hydrogen) atoms. The Labute approximate surface area is 141 Å². The molecular formula is C18H21N3O3. The van der Waals surface area contributed by atoms with Crippen molar-refractivity contribution >= 4 is 5.91 Å². The third-order valence-corrected chi connectivity index (χ3v) is 4.74. The number of benzene rings is 1. The summed E-state index contributed by atoms with van der Waals surface area (Å²) in [6.45, 7) is 4.47. The molecule has 1 fully saturated rings. The number of rotatable bonds is 2. The minimum atomic E-state index is 0.0137. The van der Waals surface area contributed by atoms with Crippen molar-refractivity contribution in [1.29, 1.82) is 0 Å². The predicted molar refractivity (Wildman–Crippen MR) is 88.6 cm³/mol. The Balaban J connectivity index is 1.57. The van der Waals surface area contributed by atoms with Gasteiger partial charge in [0, 0.05) is 25.5 Å². The van der Waals surface area contributed by atoms with E-state index in [1.54, 1.807) is 0 Å². The summed E-state index contributed by atoms with van der Waals surface area (Å²) in [5.74, 6) is 2.24. The average Bonchev–Trinajstić information content (AvgIpc) is 3.07. The molecule has 2 aliphatic rings. The molecule has 1 aromatic carbocycles. The van der Waals surface area contributed by atoms with E-state index < -0.39 is 0 Å². The summed E-state index contributed by atoms with van der Waals surface area (Å²) in [7, 11) is 0. The second kappa shape index (κ2) is 6.19. The van der Waals surface area contributed by atoms with Crippen LogP contribution in [0.25, 0.3) is 0 Å². The lowest BCUT2D eigenvalue weighted by atomic mass is 10.0. The van der Waals surface area contributed by atoms with Crippen molar-refractivity contribution < 1.29 is 14.3 Å². The first-order chi connectivity index (χ1) is 11.7. The molecule has 6 nitrogen and oxygen atoms in total. The zero-order valence-electron chi connectivity index (χ0n) is 13.8. The molecule has 0 aliphatic carbocycles. The number of hydrogen-bond acceptors (Lipinski definition) is 4. The maximum Gasteiger partial charge on any atom is 0.257 e. The molecule has 0 radical (unpaired) electrons. The lowest BCUT2D eigenvalue weighted by Gasteiger charge is -2.34.